The van der Waals surface area contributed by atoms with E-state index in [1.54, 1.807) is 29.9 Å². The van der Waals surface area contributed by atoms with Crippen molar-refractivity contribution in [2.45, 2.75) is 6.54 Å². The molecular formula is C16H14N2O4S2. The van der Waals surface area contributed by atoms with Crippen molar-refractivity contribution in [2.75, 3.05) is 14.2 Å². The van der Waals surface area contributed by atoms with Gasteiger partial charge in [0.2, 0.25) is 0 Å². The molecule has 2 heterocycles. The summed E-state index contributed by atoms with van der Waals surface area (Å²) in [6.45, 7) is -0.0145. The highest BCUT2D eigenvalue weighted by Gasteiger charge is 2.13. The molecule has 0 saturated carbocycles. The van der Waals surface area contributed by atoms with Crippen molar-refractivity contribution in [3.05, 3.63) is 45.4 Å². The third-order valence-electron chi connectivity index (χ3n) is 3.33. The molecule has 24 heavy (non-hydrogen) atoms. The molecule has 0 unspecified atom stereocenters. The number of fused-ring (bicyclic) bond motifs is 1. The number of hydrogen-bond donors (Lipinski definition) is 0. The van der Waals surface area contributed by atoms with E-state index in [0.717, 1.165) is 10.2 Å². The Hall–Kier alpha value is -2.45. The topological polar surface area (TPSA) is 69.9 Å². The van der Waals surface area contributed by atoms with Gasteiger partial charge in [0.15, 0.2) is 4.80 Å². The minimum absolute atomic E-state index is 0.0145. The number of carbonyl (C=O) groups excluding carboxylic acids is 2. The van der Waals surface area contributed by atoms with Crippen molar-refractivity contribution in [1.82, 2.24) is 4.57 Å². The van der Waals surface area contributed by atoms with Crippen LogP contribution >= 0.6 is 22.7 Å². The molecule has 2 aromatic heterocycles. The average molecular weight is 362 g/mol. The molecule has 8 heteroatoms. The first-order valence-corrected chi connectivity index (χ1v) is 8.68. The molecule has 0 aliphatic rings. The summed E-state index contributed by atoms with van der Waals surface area (Å²) in [4.78, 5) is 29.2. The number of methoxy groups -OCH3 is 2. The first-order chi connectivity index (χ1) is 11.6. The number of benzene rings is 1. The lowest BCUT2D eigenvalue weighted by molar-refractivity contribution is -0.141. The largest absolute Gasteiger partial charge is 0.497 e. The maximum atomic E-state index is 12.3. The lowest BCUT2D eigenvalue weighted by Crippen LogP contribution is -2.22. The number of esters is 1. The van der Waals surface area contributed by atoms with Crippen LogP contribution in [-0.4, -0.2) is 30.7 Å². The van der Waals surface area contributed by atoms with Gasteiger partial charge >= 0.3 is 5.97 Å². The molecule has 0 atom stereocenters. The lowest BCUT2D eigenvalue weighted by Gasteiger charge is -2.04. The lowest BCUT2D eigenvalue weighted by atomic mass is 10.3. The van der Waals surface area contributed by atoms with Gasteiger partial charge in [0.25, 0.3) is 5.91 Å². The third-order valence-corrected chi connectivity index (χ3v) is 5.23. The smallest absolute Gasteiger partial charge is 0.325 e. The molecule has 1 amide bonds. The second-order valence-electron chi connectivity index (χ2n) is 4.77. The number of ether oxygens (including phenoxy) is 2. The molecule has 1 aromatic carbocycles. The molecule has 0 saturated heterocycles. The SMILES string of the molecule is COC(=O)Cn1c(=NC(=O)c2cccs2)sc2cc(OC)ccc21. The number of hydrogen-bond acceptors (Lipinski definition) is 6. The normalized spacial score (nSPS) is 11.7. The van der Waals surface area contributed by atoms with Crippen LogP contribution < -0.4 is 9.54 Å². The highest BCUT2D eigenvalue weighted by molar-refractivity contribution is 7.16. The van der Waals surface area contributed by atoms with E-state index in [1.165, 1.54) is 29.8 Å². The van der Waals surface area contributed by atoms with E-state index in [0.29, 0.717) is 15.4 Å². The van der Waals surface area contributed by atoms with Gasteiger partial charge in [-0.25, -0.2) is 0 Å². The Labute approximate surface area is 145 Å². The van der Waals surface area contributed by atoms with Crippen molar-refractivity contribution < 1.29 is 19.1 Å². The molecular weight excluding hydrogens is 348 g/mol. The van der Waals surface area contributed by atoms with Crippen LogP contribution in [0, 0.1) is 0 Å². The van der Waals surface area contributed by atoms with Crippen molar-refractivity contribution in [1.29, 1.82) is 0 Å². The fraction of sp³-hybridized carbons (Fsp3) is 0.188. The number of aromatic nitrogens is 1. The Balaban J connectivity index is 2.15. The van der Waals surface area contributed by atoms with E-state index in [2.05, 4.69) is 4.99 Å². The van der Waals surface area contributed by atoms with Crippen molar-refractivity contribution in [3.63, 3.8) is 0 Å². The summed E-state index contributed by atoms with van der Waals surface area (Å²) in [7, 11) is 2.91. The van der Waals surface area contributed by atoms with Crippen LogP contribution in [0.3, 0.4) is 0 Å². The van der Waals surface area contributed by atoms with Crippen molar-refractivity contribution in [2.24, 2.45) is 4.99 Å². The monoisotopic (exact) mass is 362 g/mol. The van der Waals surface area contributed by atoms with Gasteiger partial charge in [-0.2, -0.15) is 4.99 Å². The highest BCUT2D eigenvalue weighted by Crippen LogP contribution is 2.23. The third kappa shape index (κ3) is 3.24. The minimum Gasteiger partial charge on any atom is -0.497 e. The molecule has 0 spiro atoms. The summed E-state index contributed by atoms with van der Waals surface area (Å²) in [6, 6.07) is 9.00. The maximum Gasteiger partial charge on any atom is 0.325 e. The Morgan fingerprint density at radius 2 is 2.08 bits per heavy atom. The predicted molar refractivity (Wildman–Crippen MR) is 92.6 cm³/mol. The summed E-state index contributed by atoms with van der Waals surface area (Å²) < 4.78 is 12.5. The average Bonchev–Trinajstić information content (AvgIpc) is 3.23. The number of carbonyl (C=O) groups is 2. The number of thiazole rings is 1. The van der Waals surface area contributed by atoms with Gasteiger partial charge in [-0.05, 0) is 29.6 Å². The molecule has 0 radical (unpaired) electrons. The van der Waals surface area contributed by atoms with Crippen LogP contribution in [0.1, 0.15) is 9.67 Å². The number of thiophene rings is 1. The summed E-state index contributed by atoms with van der Waals surface area (Å²) in [5, 5.41) is 1.82. The number of nitrogens with zero attached hydrogens (tertiary/aromatic N) is 2. The van der Waals surface area contributed by atoms with E-state index in [1.807, 2.05) is 17.5 Å². The van der Waals surface area contributed by atoms with Crippen LogP contribution in [0.25, 0.3) is 10.2 Å². The van der Waals surface area contributed by atoms with E-state index in [4.69, 9.17) is 9.47 Å². The second-order valence-corrected chi connectivity index (χ2v) is 6.73. The van der Waals surface area contributed by atoms with E-state index >= 15 is 0 Å². The minimum atomic E-state index is -0.407. The molecule has 0 bridgehead atoms. The number of amides is 1. The van der Waals surface area contributed by atoms with E-state index in [9.17, 15) is 9.59 Å². The zero-order valence-electron chi connectivity index (χ0n) is 13.0. The quantitative estimate of drug-likeness (QED) is 0.669. The zero-order valence-corrected chi connectivity index (χ0v) is 14.6. The van der Waals surface area contributed by atoms with Crippen LogP contribution in [0.2, 0.25) is 0 Å². The van der Waals surface area contributed by atoms with Crippen LogP contribution in [-0.2, 0) is 16.1 Å². The molecule has 0 N–H and O–H groups in total. The van der Waals surface area contributed by atoms with E-state index in [-0.39, 0.29) is 12.5 Å². The van der Waals surface area contributed by atoms with Gasteiger partial charge in [-0.1, -0.05) is 17.4 Å². The van der Waals surface area contributed by atoms with Crippen molar-refractivity contribution >= 4 is 44.8 Å². The first-order valence-electron chi connectivity index (χ1n) is 6.99. The Bertz CT molecular complexity index is 954. The summed E-state index contributed by atoms with van der Waals surface area (Å²) in [5.41, 5.74) is 0.795. The van der Waals surface area contributed by atoms with Gasteiger partial charge in [0.05, 0.1) is 29.3 Å². The molecule has 124 valence electrons. The fourth-order valence-electron chi connectivity index (χ4n) is 2.15. The predicted octanol–water partition coefficient (Wildman–Crippen LogP) is 2.69. The molecule has 3 rings (SSSR count). The maximum absolute atomic E-state index is 12.3. The molecule has 3 aromatic rings. The van der Waals surface area contributed by atoms with Gasteiger partial charge in [-0.3, -0.25) is 9.59 Å². The van der Waals surface area contributed by atoms with Crippen molar-refractivity contribution in [3.8, 4) is 5.75 Å². The first kappa shape index (κ1) is 16.4. The second kappa shape index (κ2) is 6.98. The van der Waals surface area contributed by atoms with Crippen LogP contribution in [0.5, 0.6) is 5.75 Å². The standard InChI is InChI=1S/C16H14N2O4S2/c1-21-10-5-6-11-13(8-10)24-16(18(11)9-14(19)22-2)17-15(20)12-4-3-7-23-12/h3-8H,9H2,1-2H3. The van der Waals surface area contributed by atoms with Crippen LogP contribution in [0.15, 0.2) is 40.7 Å². The molecule has 0 fully saturated rings. The highest BCUT2D eigenvalue weighted by atomic mass is 32.1. The Morgan fingerprint density at radius 1 is 1.25 bits per heavy atom. The summed E-state index contributed by atoms with van der Waals surface area (Å²) in [5.74, 6) is -0.0391. The van der Waals surface area contributed by atoms with E-state index < -0.39 is 5.97 Å². The van der Waals surface area contributed by atoms with Gasteiger partial charge < -0.3 is 14.0 Å². The molecule has 6 nitrogen and oxygen atoms in total. The van der Waals surface area contributed by atoms with Crippen LogP contribution in [0.4, 0.5) is 0 Å². The number of rotatable bonds is 4. The molecule has 0 aliphatic heterocycles. The Kier molecular flexibility index (Phi) is 4.77. The summed E-state index contributed by atoms with van der Waals surface area (Å²) >= 11 is 2.65. The fourth-order valence-corrected chi connectivity index (χ4v) is 3.82. The van der Waals surface area contributed by atoms with Gasteiger partial charge in [-0.15, -0.1) is 11.3 Å². The Morgan fingerprint density at radius 3 is 2.75 bits per heavy atom. The molecule has 0 aliphatic carbocycles. The van der Waals surface area contributed by atoms with Gasteiger partial charge in [0, 0.05) is 0 Å². The zero-order chi connectivity index (χ0) is 17.1. The van der Waals surface area contributed by atoms with Gasteiger partial charge in [0.1, 0.15) is 12.3 Å². The summed E-state index contributed by atoms with van der Waals surface area (Å²) in [6.07, 6.45) is 0.